The third-order valence-corrected chi connectivity index (χ3v) is 8.99. The van der Waals surface area contributed by atoms with Gasteiger partial charge in [-0.25, -0.2) is 8.42 Å². The Bertz CT molecular complexity index is 1610. The minimum atomic E-state index is -4.16. The molecule has 0 radical (unpaired) electrons. The second-order valence-corrected chi connectivity index (χ2v) is 13.0. The summed E-state index contributed by atoms with van der Waals surface area (Å²) in [6.45, 7) is 6.38. The second-order valence-electron chi connectivity index (χ2n) is 11.1. The zero-order chi connectivity index (χ0) is 32.2. The predicted octanol–water partition coefficient (Wildman–Crippen LogP) is 5.69. The van der Waals surface area contributed by atoms with Crippen LogP contribution in [0, 0.1) is 5.92 Å². The summed E-state index contributed by atoms with van der Waals surface area (Å²) in [6.07, 6.45) is 0.262. The number of nitrogens with zero attached hydrogens (tertiary/aromatic N) is 2. The number of hydrogen-bond acceptors (Lipinski definition) is 5. The maximum atomic E-state index is 14.5. The van der Waals surface area contributed by atoms with Gasteiger partial charge in [-0.15, -0.1) is 0 Å². The molecule has 45 heavy (non-hydrogen) atoms. The molecule has 1 N–H and O–H groups in total. The van der Waals surface area contributed by atoms with E-state index in [1.54, 1.807) is 42.5 Å². The molecule has 0 aromatic heterocycles. The maximum Gasteiger partial charge on any atom is 0.264 e. The molecule has 0 saturated carbocycles. The number of amides is 2. The van der Waals surface area contributed by atoms with Gasteiger partial charge in [-0.2, -0.15) is 0 Å². The van der Waals surface area contributed by atoms with Crippen LogP contribution >= 0.6 is 0 Å². The first kappa shape index (κ1) is 33.3. The molecule has 4 aromatic rings. The van der Waals surface area contributed by atoms with E-state index in [0.717, 1.165) is 15.4 Å². The van der Waals surface area contributed by atoms with Crippen LogP contribution in [0.15, 0.2) is 120 Å². The Kier molecular flexibility index (Phi) is 11.8. The molecule has 4 aromatic carbocycles. The summed E-state index contributed by atoms with van der Waals surface area (Å²) in [5.74, 6) is -0.0147. The van der Waals surface area contributed by atoms with Gasteiger partial charge < -0.3 is 15.0 Å². The van der Waals surface area contributed by atoms with Crippen LogP contribution in [0.4, 0.5) is 5.69 Å². The van der Waals surface area contributed by atoms with E-state index in [1.165, 1.54) is 17.0 Å². The maximum absolute atomic E-state index is 14.5. The third-order valence-electron chi connectivity index (χ3n) is 7.20. The molecule has 1 atom stereocenters. The van der Waals surface area contributed by atoms with Gasteiger partial charge in [-0.1, -0.05) is 92.7 Å². The fourth-order valence-electron chi connectivity index (χ4n) is 4.88. The van der Waals surface area contributed by atoms with Crippen molar-refractivity contribution in [1.29, 1.82) is 0 Å². The summed E-state index contributed by atoms with van der Waals surface area (Å²) in [5, 5.41) is 3.00. The lowest BCUT2D eigenvalue weighted by Crippen LogP contribution is -2.53. The number of carbonyl (C=O) groups excluding carboxylic acids is 2. The molecule has 0 aliphatic heterocycles. The number of anilines is 1. The van der Waals surface area contributed by atoms with Gasteiger partial charge in [-0.05, 0) is 60.4 Å². The zero-order valence-electron chi connectivity index (χ0n) is 26.0. The number of benzene rings is 4. The second kappa shape index (κ2) is 15.9. The highest BCUT2D eigenvalue weighted by Crippen LogP contribution is 2.27. The minimum absolute atomic E-state index is 0.0526. The van der Waals surface area contributed by atoms with Crippen LogP contribution in [0.5, 0.6) is 5.75 Å². The van der Waals surface area contributed by atoms with E-state index in [2.05, 4.69) is 5.32 Å². The first-order valence-electron chi connectivity index (χ1n) is 15.1. The smallest absolute Gasteiger partial charge is 0.264 e. The van der Waals surface area contributed by atoms with Crippen molar-refractivity contribution in [1.82, 2.24) is 10.2 Å². The number of ether oxygens (including phenoxy) is 1. The SMILES string of the molecule is CCOc1ccc(N(CC(=O)N(Cc2ccccc2)[C@@H](Cc2ccccc2)C(=O)NCC(C)C)S(=O)(=O)c2ccccc2)cc1. The quantitative estimate of drug-likeness (QED) is 0.183. The fourth-order valence-corrected chi connectivity index (χ4v) is 6.32. The minimum Gasteiger partial charge on any atom is -0.494 e. The molecule has 0 aliphatic carbocycles. The third kappa shape index (κ3) is 9.18. The Hall–Kier alpha value is -4.63. The van der Waals surface area contributed by atoms with Crippen molar-refractivity contribution < 1.29 is 22.7 Å². The fraction of sp³-hybridized carbons (Fsp3) is 0.278. The average molecular weight is 628 g/mol. The summed E-state index contributed by atoms with van der Waals surface area (Å²) in [6, 6.07) is 32.6. The molecule has 0 bridgehead atoms. The highest BCUT2D eigenvalue weighted by Gasteiger charge is 2.34. The molecule has 236 valence electrons. The Labute approximate surface area is 266 Å². The number of rotatable bonds is 15. The van der Waals surface area contributed by atoms with E-state index in [9.17, 15) is 18.0 Å². The molecule has 0 spiro atoms. The Balaban J connectivity index is 1.77. The summed E-state index contributed by atoms with van der Waals surface area (Å²) < 4.78 is 34.8. The Morgan fingerprint density at radius 3 is 1.89 bits per heavy atom. The molecule has 8 nitrogen and oxygen atoms in total. The number of nitrogens with one attached hydrogen (secondary N) is 1. The van der Waals surface area contributed by atoms with Crippen molar-refractivity contribution in [2.75, 3.05) is 24.0 Å². The molecule has 2 amide bonds. The molecule has 0 heterocycles. The summed E-state index contributed by atoms with van der Waals surface area (Å²) in [5.41, 5.74) is 2.01. The van der Waals surface area contributed by atoms with Crippen LogP contribution < -0.4 is 14.4 Å². The van der Waals surface area contributed by atoms with Gasteiger partial charge >= 0.3 is 0 Å². The van der Waals surface area contributed by atoms with Gasteiger partial charge in [0.05, 0.1) is 17.2 Å². The highest BCUT2D eigenvalue weighted by atomic mass is 32.2. The van der Waals surface area contributed by atoms with Crippen LogP contribution in [-0.4, -0.2) is 50.9 Å². The molecule has 0 fully saturated rings. The van der Waals surface area contributed by atoms with Crippen molar-refractivity contribution >= 4 is 27.5 Å². The number of hydrogen-bond donors (Lipinski definition) is 1. The standard InChI is InChI=1S/C36H41N3O5S/c1-4-44-32-22-20-31(21-23-32)39(45(42,43)33-18-12-7-13-19-33)27-35(40)38(26-30-16-10-6-11-17-30)34(36(41)37-25-28(2)3)24-29-14-8-5-9-15-29/h5-23,28,34H,4,24-27H2,1-3H3,(H,37,41)/t34-/m0/s1. The van der Waals surface area contributed by atoms with Crippen LogP contribution in [0.1, 0.15) is 31.9 Å². The lowest BCUT2D eigenvalue weighted by molar-refractivity contribution is -0.140. The van der Waals surface area contributed by atoms with Gasteiger partial charge in [0.15, 0.2) is 0 Å². The predicted molar refractivity (Wildman–Crippen MR) is 177 cm³/mol. The van der Waals surface area contributed by atoms with Crippen molar-refractivity contribution in [3.63, 3.8) is 0 Å². The Morgan fingerprint density at radius 1 is 0.778 bits per heavy atom. The van der Waals surface area contributed by atoms with Crippen molar-refractivity contribution in [2.24, 2.45) is 5.92 Å². The molecule has 9 heteroatoms. The van der Waals surface area contributed by atoms with Crippen molar-refractivity contribution in [3.05, 3.63) is 126 Å². The lowest BCUT2D eigenvalue weighted by atomic mass is 10.0. The summed E-state index contributed by atoms with van der Waals surface area (Å²) in [4.78, 5) is 29.8. The zero-order valence-corrected chi connectivity index (χ0v) is 26.8. The van der Waals surface area contributed by atoms with E-state index in [0.29, 0.717) is 24.6 Å². The highest BCUT2D eigenvalue weighted by molar-refractivity contribution is 7.92. The molecule has 0 saturated heterocycles. The number of sulfonamides is 1. The van der Waals surface area contributed by atoms with Crippen LogP contribution in [0.2, 0.25) is 0 Å². The van der Waals surface area contributed by atoms with E-state index < -0.39 is 28.5 Å². The van der Waals surface area contributed by atoms with E-state index in [1.807, 2.05) is 81.4 Å². The molecule has 0 aliphatic rings. The van der Waals surface area contributed by atoms with Crippen LogP contribution in [0.3, 0.4) is 0 Å². The van der Waals surface area contributed by atoms with Gasteiger partial charge in [-0.3, -0.25) is 13.9 Å². The largest absolute Gasteiger partial charge is 0.494 e. The van der Waals surface area contributed by atoms with E-state index >= 15 is 0 Å². The van der Waals surface area contributed by atoms with Crippen molar-refractivity contribution in [3.8, 4) is 5.75 Å². The lowest BCUT2D eigenvalue weighted by Gasteiger charge is -2.34. The summed E-state index contributed by atoms with van der Waals surface area (Å²) in [7, 11) is -4.16. The molecule has 4 rings (SSSR count). The summed E-state index contributed by atoms with van der Waals surface area (Å²) >= 11 is 0. The monoisotopic (exact) mass is 627 g/mol. The molecule has 0 unspecified atom stereocenters. The number of carbonyl (C=O) groups is 2. The van der Waals surface area contributed by atoms with Gasteiger partial charge in [0.25, 0.3) is 10.0 Å². The van der Waals surface area contributed by atoms with Gasteiger partial charge in [0, 0.05) is 19.5 Å². The molecular weight excluding hydrogens is 586 g/mol. The van der Waals surface area contributed by atoms with E-state index in [4.69, 9.17) is 4.74 Å². The Morgan fingerprint density at radius 2 is 1.33 bits per heavy atom. The topological polar surface area (TPSA) is 96.0 Å². The van der Waals surface area contributed by atoms with Crippen molar-refractivity contribution in [2.45, 2.75) is 44.7 Å². The first-order valence-corrected chi connectivity index (χ1v) is 16.6. The average Bonchev–Trinajstić information content (AvgIpc) is 3.06. The van der Waals surface area contributed by atoms with Crippen LogP contribution in [0.25, 0.3) is 0 Å². The van der Waals surface area contributed by atoms with Gasteiger partial charge in [0.1, 0.15) is 18.3 Å². The van der Waals surface area contributed by atoms with Crippen LogP contribution in [-0.2, 0) is 32.6 Å². The van der Waals surface area contributed by atoms with Gasteiger partial charge in [0.2, 0.25) is 11.8 Å². The first-order chi connectivity index (χ1) is 21.7. The normalized spacial score (nSPS) is 11.9. The molecular formula is C36H41N3O5S. The van der Waals surface area contributed by atoms with E-state index in [-0.39, 0.29) is 29.7 Å².